The van der Waals surface area contributed by atoms with E-state index < -0.39 is 0 Å². The molecule has 0 amide bonds. The molecular weight excluding hydrogens is 266 g/mol. The fraction of sp³-hybridized carbons (Fsp3) is 0.688. The van der Waals surface area contributed by atoms with Gasteiger partial charge in [0.1, 0.15) is 0 Å². The second kappa shape index (κ2) is 8.30. The van der Waals surface area contributed by atoms with Crippen LogP contribution in [0, 0.1) is 5.92 Å². The van der Waals surface area contributed by atoms with Crippen molar-refractivity contribution in [2.75, 3.05) is 26.7 Å². The second-order valence-electron chi connectivity index (χ2n) is 5.57. The number of guanidine groups is 1. The summed E-state index contributed by atoms with van der Waals surface area (Å²) >= 11 is 1.83. The Morgan fingerprint density at radius 2 is 2.35 bits per heavy atom. The maximum Gasteiger partial charge on any atom is 0.193 e. The lowest BCUT2D eigenvalue weighted by molar-refractivity contribution is 0.485. The van der Waals surface area contributed by atoms with Crippen LogP contribution >= 0.6 is 11.3 Å². The average Bonchev–Trinajstić information content (AvgIpc) is 3.13. The van der Waals surface area contributed by atoms with Gasteiger partial charge in [0.05, 0.1) is 0 Å². The number of thiophene rings is 1. The highest BCUT2D eigenvalue weighted by molar-refractivity contribution is 7.09. The third-order valence-corrected chi connectivity index (χ3v) is 4.64. The lowest BCUT2D eigenvalue weighted by atomic mass is 10.2. The molecule has 0 radical (unpaired) electrons. The van der Waals surface area contributed by atoms with Gasteiger partial charge in [-0.25, -0.2) is 0 Å². The fourth-order valence-electron chi connectivity index (χ4n) is 2.28. The maximum absolute atomic E-state index is 4.75. The topological polar surface area (TPSA) is 27.6 Å². The van der Waals surface area contributed by atoms with Gasteiger partial charge in [0.25, 0.3) is 0 Å². The van der Waals surface area contributed by atoms with Gasteiger partial charge < -0.3 is 10.2 Å². The van der Waals surface area contributed by atoms with Crippen LogP contribution in [-0.4, -0.2) is 37.5 Å². The van der Waals surface area contributed by atoms with Crippen molar-refractivity contribution in [2.24, 2.45) is 10.9 Å². The average molecular weight is 293 g/mol. The number of nitrogens with zero attached hydrogens (tertiary/aromatic N) is 2. The van der Waals surface area contributed by atoms with E-state index in [1.165, 1.54) is 30.6 Å². The van der Waals surface area contributed by atoms with Crippen molar-refractivity contribution in [3.63, 3.8) is 0 Å². The molecule has 20 heavy (non-hydrogen) atoms. The van der Waals surface area contributed by atoms with Gasteiger partial charge in [-0.15, -0.1) is 11.3 Å². The molecular formula is C16H27N3S. The molecule has 0 saturated heterocycles. The SMILES string of the molecule is CCNC(=NCCCC1CC1)N(C)CCc1cccs1. The van der Waals surface area contributed by atoms with E-state index in [1.54, 1.807) is 0 Å². The molecule has 3 nitrogen and oxygen atoms in total. The quantitative estimate of drug-likeness (QED) is 0.452. The second-order valence-corrected chi connectivity index (χ2v) is 6.60. The molecule has 1 aromatic heterocycles. The van der Waals surface area contributed by atoms with E-state index in [4.69, 9.17) is 4.99 Å². The minimum absolute atomic E-state index is 0.935. The third kappa shape index (κ3) is 5.53. The first kappa shape index (κ1) is 15.4. The standard InChI is InChI=1S/C16H27N3S/c1-3-17-16(18-11-4-6-14-8-9-14)19(2)12-10-15-7-5-13-20-15/h5,7,13-14H,3-4,6,8-12H2,1-2H3,(H,17,18). The number of hydrogen-bond donors (Lipinski definition) is 1. The van der Waals surface area contributed by atoms with Gasteiger partial charge in [0, 0.05) is 31.6 Å². The molecule has 2 rings (SSSR count). The zero-order valence-electron chi connectivity index (χ0n) is 12.8. The smallest absolute Gasteiger partial charge is 0.193 e. The van der Waals surface area contributed by atoms with Gasteiger partial charge in [0.2, 0.25) is 0 Å². The summed E-state index contributed by atoms with van der Waals surface area (Å²) in [5.74, 6) is 2.07. The van der Waals surface area contributed by atoms with Crippen molar-refractivity contribution >= 4 is 17.3 Å². The zero-order valence-corrected chi connectivity index (χ0v) is 13.6. The van der Waals surface area contributed by atoms with Crippen molar-refractivity contribution < 1.29 is 0 Å². The van der Waals surface area contributed by atoms with E-state index in [0.717, 1.165) is 37.9 Å². The number of aliphatic imine (C=N–C) groups is 1. The Balaban J connectivity index is 1.73. The highest BCUT2D eigenvalue weighted by Crippen LogP contribution is 2.33. The number of rotatable bonds is 8. The zero-order chi connectivity index (χ0) is 14.2. The van der Waals surface area contributed by atoms with Crippen LogP contribution < -0.4 is 5.32 Å². The molecule has 0 aliphatic heterocycles. The van der Waals surface area contributed by atoms with Gasteiger partial charge in [-0.1, -0.05) is 18.9 Å². The lowest BCUT2D eigenvalue weighted by Gasteiger charge is -2.21. The first-order valence-corrected chi connectivity index (χ1v) is 8.69. The van der Waals surface area contributed by atoms with E-state index in [2.05, 4.69) is 41.7 Å². The largest absolute Gasteiger partial charge is 0.357 e. The van der Waals surface area contributed by atoms with Gasteiger partial charge in [-0.3, -0.25) is 4.99 Å². The minimum atomic E-state index is 0.935. The summed E-state index contributed by atoms with van der Waals surface area (Å²) in [6.45, 7) is 5.05. The van der Waals surface area contributed by atoms with E-state index >= 15 is 0 Å². The van der Waals surface area contributed by atoms with Crippen molar-refractivity contribution in [3.05, 3.63) is 22.4 Å². The molecule has 1 saturated carbocycles. The Bertz CT molecular complexity index is 396. The van der Waals surface area contributed by atoms with Gasteiger partial charge >= 0.3 is 0 Å². The highest BCUT2D eigenvalue weighted by atomic mass is 32.1. The summed E-state index contributed by atoms with van der Waals surface area (Å²) in [5.41, 5.74) is 0. The summed E-state index contributed by atoms with van der Waals surface area (Å²) in [5, 5.41) is 5.54. The predicted molar refractivity (Wildman–Crippen MR) is 88.6 cm³/mol. The van der Waals surface area contributed by atoms with E-state index in [0.29, 0.717) is 0 Å². The van der Waals surface area contributed by atoms with E-state index in [-0.39, 0.29) is 0 Å². The summed E-state index contributed by atoms with van der Waals surface area (Å²) in [6.07, 6.45) is 6.59. The minimum Gasteiger partial charge on any atom is -0.357 e. The summed E-state index contributed by atoms with van der Waals surface area (Å²) in [4.78, 5) is 8.44. The third-order valence-electron chi connectivity index (χ3n) is 3.70. The molecule has 1 N–H and O–H groups in total. The van der Waals surface area contributed by atoms with Crippen LogP contribution in [0.3, 0.4) is 0 Å². The molecule has 0 unspecified atom stereocenters. The molecule has 4 heteroatoms. The van der Waals surface area contributed by atoms with Crippen LogP contribution in [-0.2, 0) is 6.42 Å². The van der Waals surface area contributed by atoms with Crippen LogP contribution in [0.5, 0.6) is 0 Å². The van der Waals surface area contributed by atoms with Crippen LogP contribution in [0.25, 0.3) is 0 Å². The monoisotopic (exact) mass is 293 g/mol. The van der Waals surface area contributed by atoms with Crippen molar-refractivity contribution in [1.82, 2.24) is 10.2 Å². The Morgan fingerprint density at radius 3 is 3.00 bits per heavy atom. The van der Waals surface area contributed by atoms with Crippen LogP contribution in [0.2, 0.25) is 0 Å². The molecule has 1 aromatic rings. The Hall–Kier alpha value is -1.03. The molecule has 0 atom stereocenters. The van der Waals surface area contributed by atoms with Crippen LogP contribution in [0.1, 0.15) is 37.5 Å². The molecule has 0 bridgehead atoms. The molecule has 1 fully saturated rings. The van der Waals surface area contributed by atoms with Gasteiger partial charge in [-0.05, 0) is 43.6 Å². The predicted octanol–water partition coefficient (Wildman–Crippen LogP) is 3.38. The van der Waals surface area contributed by atoms with Crippen molar-refractivity contribution in [2.45, 2.75) is 39.0 Å². The fourth-order valence-corrected chi connectivity index (χ4v) is 2.98. The van der Waals surface area contributed by atoms with Crippen LogP contribution in [0.15, 0.2) is 22.5 Å². The number of hydrogen-bond acceptors (Lipinski definition) is 2. The summed E-state index contributed by atoms with van der Waals surface area (Å²) < 4.78 is 0. The normalized spacial score (nSPS) is 15.4. The lowest BCUT2D eigenvalue weighted by Crippen LogP contribution is -2.40. The molecule has 0 aromatic carbocycles. The number of likely N-dealkylation sites (N-methyl/N-ethyl adjacent to an activating group) is 1. The van der Waals surface area contributed by atoms with Gasteiger partial charge in [0.15, 0.2) is 5.96 Å². The highest BCUT2D eigenvalue weighted by Gasteiger charge is 2.19. The Kier molecular flexibility index (Phi) is 6.37. The van der Waals surface area contributed by atoms with Crippen molar-refractivity contribution in [1.29, 1.82) is 0 Å². The Labute approximate surface area is 127 Å². The molecule has 1 aliphatic carbocycles. The summed E-state index contributed by atoms with van der Waals surface area (Å²) in [7, 11) is 2.13. The molecule has 1 heterocycles. The Morgan fingerprint density at radius 1 is 1.50 bits per heavy atom. The van der Waals surface area contributed by atoms with Crippen LogP contribution in [0.4, 0.5) is 0 Å². The molecule has 1 aliphatic rings. The van der Waals surface area contributed by atoms with E-state index in [1.807, 2.05) is 11.3 Å². The summed E-state index contributed by atoms with van der Waals surface area (Å²) in [6, 6.07) is 4.33. The number of nitrogens with one attached hydrogen (secondary N) is 1. The molecule has 0 spiro atoms. The molecule has 112 valence electrons. The first-order valence-electron chi connectivity index (χ1n) is 7.81. The van der Waals surface area contributed by atoms with E-state index in [9.17, 15) is 0 Å². The van der Waals surface area contributed by atoms with Gasteiger partial charge in [-0.2, -0.15) is 0 Å². The maximum atomic E-state index is 4.75. The van der Waals surface area contributed by atoms with Crippen molar-refractivity contribution in [3.8, 4) is 0 Å². The first-order chi connectivity index (χ1) is 9.79.